The summed E-state index contributed by atoms with van der Waals surface area (Å²) in [5.41, 5.74) is 2.54. The van der Waals surface area contributed by atoms with Crippen molar-refractivity contribution in [2.24, 2.45) is 5.92 Å². The van der Waals surface area contributed by atoms with E-state index in [1.807, 2.05) is 0 Å². The second-order valence-corrected chi connectivity index (χ2v) is 6.30. The van der Waals surface area contributed by atoms with Gasteiger partial charge in [0.25, 0.3) is 0 Å². The molecule has 0 atom stereocenters. The van der Waals surface area contributed by atoms with Crippen molar-refractivity contribution >= 4 is 11.8 Å². The Balaban J connectivity index is 1.87. The van der Waals surface area contributed by atoms with Crippen LogP contribution in [-0.4, -0.2) is 43.2 Å². The number of aromatic nitrogens is 2. The smallest absolute Gasteiger partial charge is 0.227 e. The molecule has 2 heterocycles. The number of nitrogens with one attached hydrogen (secondary N) is 2. The maximum absolute atomic E-state index is 4.86. The van der Waals surface area contributed by atoms with Crippen molar-refractivity contribution in [1.29, 1.82) is 0 Å². The van der Waals surface area contributed by atoms with Crippen LogP contribution in [0.1, 0.15) is 37.4 Å². The maximum Gasteiger partial charge on any atom is 0.227 e. The number of rotatable bonds is 6. The summed E-state index contributed by atoms with van der Waals surface area (Å²) >= 11 is 0. The van der Waals surface area contributed by atoms with E-state index in [0.29, 0.717) is 0 Å². The highest BCUT2D eigenvalue weighted by molar-refractivity contribution is 5.52. The highest BCUT2D eigenvalue weighted by Crippen LogP contribution is 2.31. The van der Waals surface area contributed by atoms with E-state index in [4.69, 9.17) is 9.97 Å². The van der Waals surface area contributed by atoms with Gasteiger partial charge < -0.3 is 15.5 Å². The number of nitrogens with zero attached hydrogens (tertiary/aromatic N) is 3. The van der Waals surface area contributed by atoms with E-state index in [1.54, 1.807) is 0 Å². The molecule has 5 nitrogen and oxygen atoms in total. The van der Waals surface area contributed by atoms with Gasteiger partial charge in [0.2, 0.25) is 5.95 Å². The lowest BCUT2D eigenvalue weighted by molar-refractivity contribution is 0.707. The van der Waals surface area contributed by atoms with E-state index in [-0.39, 0.29) is 0 Å². The molecule has 1 aromatic heterocycles. The highest BCUT2D eigenvalue weighted by Gasteiger charge is 2.25. The minimum Gasteiger partial charge on any atom is -0.370 e. The largest absolute Gasteiger partial charge is 0.370 e. The maximum atomic E-state index is 4.86. The first-order chi connectivity index (χ1) is 10.3. The van der Waals surface area contributed by atoms with Crippen molar-refractivity contribution in [2.75, 3.05) is 43.4 Å². The van der Waals surface area contributed by atoms with Crippen LogP contribution in [0.25, 0.3) is 0 Å². The first-order valence-corrected chi connectivity index (χ1v) is 8.33. The molecule has 3 rings (SSSR count). The summed E-state index contributed by atoms with van der Waals surface area (Å²) in [6, 6.07) is 0. The molecule has 1 aromatic rings. The average Bonchev–Trinajstić information content (AvgIpc) is 3.30. The van der Waals surface area contributed by atoms with Gasteiger partial charge in [0.05, 0.1) is 5.69 Å². The van der Waals surface area contributed by atoms with Gasteiger partial charge in [-0.15, -0.1) is 0 Å². The van der Waals surface area contributed by atoms with E-state index in [2.05, 4.69) is 29.5 Å². The van der Waals surface area contributed by atoms with E-state index in [0.717, 1.165) is 63.1 Å². The Morgan fingerprint density at radius 2 is 2.05 bits per heavy atom. The van der Waals surface area contributed by atoms with Crippen molar-refractivity contribution in [3.8, 4) is 0 Å². The Labute approximate surface area is 127 Å². The number of hydrogen-bond donors (Lipinski definition) is 2. The summed E-state index contributed by atoms with van der Waals surface area (Å²) in [6.07, 6.45) is 5.86. The lowest BCUT2D eigenvalue weighted by Crippen LogP contribution is -2.24. The Morgan fingerprint density at radius 1 is 1.24 bits per heavy atom. The Morgan fingerprint density at radius 3 is 2.81 bits per heavy atom. The molecule has 1 fully saturated rings. The summed E-state index contributed by atoms with van der Waals surface area (Å²) in [7, 11) is 2.12. The molecule has 116 valence electrons. The summed E-state index contributed by atoms with van der Waals surface area (Å²) in [6.45, 7) is 6.29. The Bertz CT molecular complexity index is 484. The van der Waals surface area contributed by atoms with Gasteiger partial charge in [-0.05, 0) is 38.1 Å². The fourth-order valence-electron chi connectivity index (χ4n) is 2.86. The summed E-state index contributed by atoms with van der Waals surface area (Å²) in [5, 5.41) is 6.97. The first kappa shape index (κ1) is 14.6. The van der Waals surface area contributed by atoms with Crippen LogP contribution in [0, 0.1) is 5.92 Å². The second-order valence-electron chi connectivity index (χ2n) is 6.30. The molecule has 21 heavy (non-hydrogen) atoms. The van der Waals surface area contributed by atoms with Crippen LogP contribution < -0.4 is 15.5 Å². The molecule has 0 spiro atoms. The molecule has 0 aromatic carbocycles. The topological polar surface area (TPSA) is 53.1 Å². The van der Waals surface area contributed by atoms with Gasteiger partial charge in [-0.25, -0.2) is 4.98 Å². The lowest BCUT2D eigenvalue weighted by atomic mass is 10.1. The minimum atomic E-state index is 0.853. The third-order valence-electron chi connectivity index (χ3n) is 4.28. The normalized spacial score (nSPS) is 18.0. The number of hydrogen-bond acceptors (Lipinski definition) is 5. The van der Waals surface area contributed by atoms with E-state index >= 15 is 0 Å². The predicted molar refractivity (Wildman–Crippen MR) is 87.1 cm³/mol. The van der Waals surface area contributed by atoms with Crippen LogP contribution >= 0.6 is 0 Å². The molecule has 0 radical (unpaired) electrons. The molecule has 0 unspecified atom stereocenters. The predicted octanol–water partition coefficient (Wildman–Crippen LogP) is 1.83. The molecule has 0 amide bonds. The molecule has 1 aliphatic carbocycles. The molecule has 0 bridgehead atoms. The highest BCUT2D eigenvalue weighted by atomic mass is 15.3. The number of anilines is 2. The molecule has 2 N–H and O–H groups in total. The molecule has 1 saturated carbocycles. The van der Waals surface area contributed by atoms with Gasteiger partial charge in [-0.2, -0.15) is 4.98 Å². The standard InChI is InChI=1S/C16H27N5/c1-3-8-18-15-13-6-9-17-10-7-14(13)19-16(20-15)21(2)11-12-4-5-12/h12,17H,3-11H2,1-2H3,(H,18,19,20). The van der Waals surface area contributed by atoms with Crippen LogP contribution in [0.2, 0.25) is 0 Å². The Hall–Kier alpha value is -1.36. The zero-order valence-corrected chi connectivity index (χ0v) is 13.3. The molecule has 2 aliphatic rings. The minimum absolute atomic E-state index is 0.853. The monoisotopic (exact) mass is 289 g/mol. The third kappa shape index (κ3) is 3.64. The van der Waals surface area contributed by atoms with Crippen molar-refractivity contribution in [1.82, 2.24) is 15.3 Å². The molecular formula is C16H27N5. The zero-order valence-electron chi connectivity index (χ0n) is 13.3. The van der Waals surface area contributed by atoms with Gasteiger partial charge in [-0.3, -0.25) is 0 Å². The molecule has 5 heteroatoms. The number of fused-ring (bicyclic) bond motifs is 1. The van der Waals surface area contributed by atoms with Gasteiger partial charge in [-0.1, -0.05) is 6.92 Å². The molecule has 1 aliphatic heterocycles. The van der Waals surface area contributed by atoms with Crippen molar-refractivity contribution in [3.63, 3.8) is 0 Å². The summed E-state index contributed by atoms with van der Waals surface area (Å²) in [4.78, 5) is 11.9. The van der Waals surface area contributed by atoms with Crippen molar-refractivity contribution in [3.05, 3.63) is 11.3 Å². The average molecular weight is 289 g/mol. The van der Waals surface area contributed by atoms with E-state index in [1.165, 1.54) is 24.1 Å². The van der Waals surface area contributed by atoms with Crippen LogP contribution in [-0.2, 0) is 12.8 Å². The fraction of sp³-hybridized carbons (Fsp3) is 0.750. The van der Waals surface area contributed by atoms with Crippen molar-refractivity contribution in [2.45, 2.75) is 39.0 Å². The quantitative estimate of drug-likeness (QED) is 0.837. The van der Waals surface area contributed by atoms with Gasteiger partial charge >= 0.3 is 0 Å². The molecule has 0 saturated heterocycles. The summed E-state index contributed by atoms with van der Waals surface area (Å²) < 4.78 is 0. The zero-order chi connectivity index (χ0) is 14.7. The van der Waals surface area contributed by atoms with E-state index < -0.39 is 0 Å². The second kappa shape index (κ2) is 6.60. The lowest BCUT2D eigenvalue weighted by Gasteiger charge is -2.20. The van der Waals surface area contributed by atoms with Crippen LogP contribution in [0.15, 0.2) is 0 Å². The van der Waals surface area contributed by atoms with Crippen LogP contribution in [0.5, 0.6) is 0 Å². The van der Waals surface area contributed by atoms with Crippen LogP contribution in [0.4, 0.5) is 11.8 Å². The summed E-state index contributed by atoms with van der Waals surface area (Å²) in [5.74, 6) is 2.80. The SMILES string of the molecule is CCCNc1nc(N(C)CC2CC2)nc2c1CCNCC2. The Kier molecular flexibility index (Phi) is 4.58. The van der Waals surface area contributed by atoms with Crippen molar-refractivity contribution < 1.29 is 0 Å². The third-order valence-corrected chi connectivity index (χ3v) is 4.28. The van der Waals surface area contributed by atoms with Gasteiger partial charge in [0.1, 0.15) is 5.82 Å². The first-order valence-electron chi connectivity index (χ1n) is 8.33. The van der Waals surface area contributed by atoms with Gasteiger partial charge in [0.15, 0.2) is 0 Å². The fourth-order valence-corrected chi connectivity index (χ4v) is 2.86. The molecular weight excluding hydrogens is 262 g/mol. The van der Waals surface area contributed by atoms with E-state index in [9.17, 15) is 0 Å². The van der Waals surface area contributed by atoms with Gasteiger partial charge in [0, 0.05) is 38.7 Å². The van der Waals surface area contributed by atoms with Crippen LogP contribution in [0.3, 0.4) is 0 Å².